The van der Waals surface area contributed by atoms with E-state index in [4.69, 9.17) is 11.6 Å². The second-order valence-corrected chi connectivity index (χ2v) is 7.53. The molecular weight excluding hydrogens is 420 g/mol. The predicted octanol–water partition coefficient (Wildman–Crippen LogP) is 4.28. The van der Waals surface area contributed by atoms with Crippen molar-refractivity contribution in [3.8, 4) is 5.69 Å². The summed E-state index contributed by atoms with van der Waals surface area (Å²) in [4.78, 5) is 31.6. The van der Waals surface area contributed by atoms with Gasteiger partial charge in [-0.1, -0.05) is 23.4 Å². The molecule has 0 N–H and O–H groups in total. The molecule has 0 radical (unpaired) electrons. The normalized spacial score (nSPS) is 11.1. The topological polar surface area (TPSA) is 55.2 Å². The molecule has 0 unspecified atom stereocenters. The van der Waals surface area contributed by atoms with Crippen LogP contribution in [0.25, 0.3) is 16.6 Å². The molecule has 5 nitrogen and oxygen atoms in total. The minimum absolute atomic E-state index is 0.0238. The third-order valence-electron chi connectivity index (χ3n) is 4.39. The Bertz CT molecular complexity index is 1130. The minimum atomic E-state index is -0.910. The molecular formula is C20H18ClF2N3O2S. The van der Waals surface area contributed by atoms with Crippen molar-refractivity contribution in [1.82, 2.24) is 14.5 Å². The molecule has 1 heterocycles. The number of thioether (sulfide) groups is 1. The number of carbonyl (C=O) groups is 1. The fourth-order valence-corrected chi connectivity index (χ4v) is 3.98. The van der Waals surface area contributed by atoms with Crippen LogP contribution in [0.3, 0.4) is 0 Å². The van der Waals surface area contributed by atoms with Gasteiger partial charge in [0.05, 0.1) is 22.3 Å². The summed E-state index contributed by atoms with van der Waals surface area (Å²) < 4.78 is 28.9. The van der Waals surface area contributed by atoms with Gasteiger partial charge >= 0.3 is 0 Å². The third-order valence-corrected chi connectivity index (χ3v) is 5.55. The van der Waals surface area contributed by atoms with E-state index in [0.717, 1.165) is 22.4 Å². The van der Waals surface area contributed by atoms with Gasteiger partial charge in [0, 0.05) is 24.2 Å². The number of amides is 1. The van der Waals surface area contributed by atoms with E-state index in [0.29, 0.717) is 29.7 Å². The fourth-order valence-electron chi connectivity index (χ4n) is 2.90. The van der Waals surface area contributed by atoms with E-state index in [1.807, 2.05) is 13.8 Å². The lowest BCUT2D eigenvalue weighted by molar-refractivity contribution is -0.127. The Kier molecular flexibility index (Phi) is 6.54. The van der Waals surface area contributed by atoms with Crippen molar-refractivity contribution in [3.63, 3.8) is 0 Å². The molecule has 3 rings (SSSR count). The second kappa shape index (κ2) is 8.92. The maximum Gasteiger partial charge on any atom is 0.266 e. The van der Waals surface area contributed by atoms with Gasteiger partial charge in [0.2, 0.25) is 5.91 Å². The van der Waals surface area contributed by atoms with Gasteiger partial charge < -0.3 is 4.90 Å². The second-order valence-electron chi connectivity index (χ2n) is 6.15. The molecule has 3 aromatic rings. The van der Waals surface area contributed by atoms with E-state index in [2.05, 4.69) is 4.98 Å². The number of halogens is 3. The van der Waals surface area contributed by atoms with Gasteiger partial charge in [-0.2, -0.15) is 0 Å². The quantitative estimate of drug-likeness (QED) is 0.426. The van der Waals surface area contributed by atoms with E-state index in [1.165, 1.54) is 12.1 Å². The molecule has 1 amide bonds. The number of hydrogen-bond donors (Lipinski definition) is 0. The van der Waals surface area contributed by atoms with Gasteiger partial charge in [-0.3, -0.25) is 14.2 Å². The summed E-state index contributed by atoms with van der Waals surface area (Å²) in [5.41, 5.74) is -0.333. The maximum absolute atomic E-state index is 14.5. The monoisotopic (exact) mass is 437 g/mol. The van der Waals surface area contributed by atoms with Crippen LogP contribution in [-0.2, 0) is 4.79 Å². The summed E-state index contributed by atoms with van der Waals surface area (Å²) in [5, 5.41) is 0.663. The summed E-state index contributed by atoms with van der Waals surface area (Å²) >= 11 is 7.02. The molecule has 0 spiro atoms. The van der Waals surface area contributed by atoms with Crippen LogP contribution in [-0.4, -0.2) is 39.2 Å². The number of benzene rings is 2. The summed E-state index contributed by atoms with van der Waals surface area (Å²) in [5.74, 6) is -1.78. The smallest absolute Gasteiger partial charge is 0.266 e. The Balaban J connectivity index is 2.15. The molecule has 0 fully saturated rings. The van der Waals surface area contributed by atoms with Crippen LogP contribution < -0.4 is 5.56 Å². The maximum atomic E-state index is 14.5. The van der Waals surface area contributed by atoms with E-state index in [-0.39, 0.29) is 27.9 Å². The molecule has 29 heavy (non-hydrogen) atoms. The number of carbonyl (C=O) groups excluding carboxylic acids is 1. The Morgan fingerprint density at radius 1 is 1.17 bits per heavy atom. The van der Waals surface area contributed by atoms with Gasteiger partial charge in [0.1, 0.15) is 11.6 Å². The van der Waals surface area contributed by atoms with Gasteiger partial charge in [-0.15, -0.1) is 0 Å². The van der Waals surface area contributed by atoms with Crippen molar-refractivity contribution in [1.29, 1.82) is 0 Å². The molecule has 0 saturated carbocycles. The van der Waals surface area contributed by atoms with Crippen molar-refractivity contribution < 1.29 is 13.6 Å². The Morgan fingerprint density at radius 3 is 2.55 bits per heavy atom. The van der Waals surface area contributed by atoms with Crippen LogP contribution in [0, 0.1) is 11.6 Å². The minimum Gasteiger partial charge on any atom is -0.343 e. The van der Waals surface area contributed by atoms with Crippen molar-refractivity contribution in [2.45, 2.75) is 19.0 Å². The highest BCUT2D eigenvalue weighted by Gasteiger charge is 2.19. The van der Waals surface area contributed by atoms with Crippen LogP contribution in [0.2, 0.25) is 5.02 Å². The van der Waals surface area contributed by atoms with Crippen LogP contribution in [0.5, 0.6) is 0 Å². The molecule has 9 heteroatoms. The molecule has 0 aliphatic heterocycles. The lowest BCUT2D eigenvalue weighted by atomic mass is 10.2. The van der Waals surface area contributed by atoms with E-state index in [1.54, 1.807) is 17.0 Å². The van der Waals surface area contributed by atoms with Gasteiger partial charge in [0.25, 0.3) is 5.56 Å². The zero-order chi connectivity index (χ0) is 21.1. The summed E-state index contributed by atoms with van der Waals surface area (Å²) in [6.45, 7) is 4.85. The average molecular weight is 438 g/mol. The van der Waals surface area contributed by atoms with Crippen molar-refractivity contribution in [3.05, 3.63) is 63.4 Å². The van der Waals surface area contributed by atoms with E-state index >= 15 is 0 Å². The first-order valence-corrected chi connectivity index (χ1v) is 10.3. The Morgan fingerprint density at radius 2 is 1.90 bits per heavy atom. The summed E-state index contributed by atoms with van der Waals surface area (Å²) in [7, 11) is 0. The molecule has 152 valence electrons. The van der Waals surface area contributed by atoms with Crippen LogP contribution >= 0.6 is 23.4 Å². The fraction of sp³-hybridized carbons (Fsp3) is 0.250. The average Bonchev–Trinajstić information content (AvgIpc) is 2.69. The van der Waals surface area contributed by atoms with Crippen LogP contribution in [0.1, 0.15) is 13.8 Å². The molecule has 0 bridgehead atoms. The largest absolute Gasteiger partial charge is 0.343 e. The molecule has 0 aliphatic rings. The highest BCUT2D eigenvalue weighted by molar-refractivity contribution is 7.99. The highest BCUT2D eigenvalue weighted by atomic mass is 35.5. The Labute approximate surface area is 175 Å². The first-order valence-electron chi connectivity index (χ1n) is 8.94. The zero-order valence-electron chi connectivity index (χ0n) is 15.8. The van der Waals surface area contributed by atoms with Gasteiger partial charge in [-0.05, 0) is 44.2 Å². The predicted molar refractivity (Wildman–Crippen MR) is 111 cm³/mol. The van der Waals surface area contributed by atoms with Gasteiger partial charge in [0.15, 0.2) is 5.16 Å². The standard InChI is InChI=1S/C20H18ClF2N3O2S/c1-3-25(4-2)18(27)11-29-20-24-16-7-5-12(21)9-14(16)19(28)26(20)17-8-6-13(22)10-15(17)23/h5-10H,3-4,11H2,1-2H3. The SMILES string of the molecule is CCN(CC)C(=O)CSc1nc2ccc(Cl)cc2c(=O)n1-c1ccc(F)cc1F. The number of fused-ring (bicyclic) bond motifs is 1. The molecule has 1 aromatic heterocycles. The summed E-state index contributed by atoms with van der Waals surface area (Å²) in [6, 6.07) is 7.54. The van der Waals surface area contributed by atoms with Crippen LogP contribution in [0.15, 0.2) is 46.3 Å². The van der Waals surface area contributed by atoms with E-state index in [9.17, 15) is 18.4 Å². The molecule has 2 aromatic carbocycles. The zero-order valence-corrected chi connectivity index (χ0v) is 17.4. The molecule has 0 aliphatic carbocycles. The first kappa shape index (κ1) is 21.3. The number of nitrogens with zero attached hydrogens (tertiary/aromatic N) is 3. The number of aromatic nitrogens is 2. The van der Waals surface area contributed by atoms with Crippen molar-refractivity contribution in [2.75, 3.05) is 18.8 Å². The molecule has 0 atom stereocenters. The number of rotatable bonds is 6. The highest BCUT2D eigenvalue weighted by Crippen LogP contribution is 2.25. The summed E-state index contributed by atoms with van der Waals surface area (Å²) in [6.07, 6.45) is 0. The van der Waals surface area contributed by atoms with Crippen LogP contribution in [0.4, 0.5) is 8.78 Å². The lowest BCUT2D eigenvalue weighted by Gasteiger charge is -2.19. The van der Waals surface area contributed by atoms with E-state index < -0.39 is 17.2 Å². The molecule has 0 saturated heterocycles. The van der Waals surface area contributed by atoms with Crippen molar-refractivity contribution >= 4 is 40.2 Å². The van der Waals surface area contributed by atoms with Crippen molar-refractivity contribution in [2.24, 2.45) is 0 Å². The number of hydrogen-bond acceptors (Lipinski definition) is 4. The third kappa shape index (κ3) is 4.43. The first-order chi connectivity index (χ1) is 13.8. The lowest BCUT2D eigenvalue weighted by Crippen LogP contribution is -2.32. The van der Waals surface area contributed by atoms with Gasteiger partial charge in [-0.25, -0.2) is 13.8 Å². The Hall–Kier alpha value is -2.45.